The van der Waals surface area contributed by atoms with Crippen LogP contribution in [0.5, 0.6) is 0 Å². The van der Waals surface area contributed by atoms with Crippen molar-refractivity contribution in [1.29, 1.82) is 0 Å². The van der Waals surface area contributed by atoms with Crippen LogP contribution in [0, 0.1) is 0 Å². The fourth-order valence-corrected chi connectivity index (χ4v) is 0.790. The molecule has 0 bridgehead atoms. The zero-order valence-corrected chi connectivity index (χ0v) is 7.41. The molecule has 0 aliphatic rings. The summed E-state index contributed by atoms with van der Waals surface area (Å²) in [6.45, 7) is 4.67. The first-order chi connectivity index (χ1) is 5.79. The number of rotatable bonds is 3. The van der Waals surface area contributed by atoms with Crippen LogP contribution in [0.2, 0.25) is 0 Å². The first-order valence-corrected chi connectivity index (χ1v) is 3.91. The van der Waals surface area contributed by atoms with E-state index in [1.165, 1.54) is 5.56 Å². The monoisotopic (exact) mass is 163 g/mol. The first-order valence-electron chi connectivity index (χ1n) is 3.91. The van der Waals surface area contributed by atoms with E-state index >= 15 is 0 Å². The molecular weight excluding hydrogens is 150 g/mol. The van der Waals surface area contributed by atoms with E-state index < -0.39 is 0 Å². The van der Waals surface area contributed by atoms with Gasteiger partial charge in [-0.25, -0.2) is 0 Å². The van der Waals surface area contributed by atoms with Gasteiger partial charge in [-0.05, 0) is 31.5 Å². The molecule has 1 aromatic rings. The summed E-state index contributed by atoms with van der Waals surface area (Å²) in [7, 11) is 0. The van der Waals surface area contributed by atoms with Gasteiger partial charge >= 0.3 is 0 Å². The average Bonchev–Trinajstić information content (AvgIpc) is 2.05. The summed E-state index contributed by atoms with van der Waals surface area (Å²) in [6, 6.07) is 3.93. The van der Waals surface area contributed by atoms with Crippen LogP contribution in [0.4, 0.5) is 0 Å². The fraction of sp³-hybridized carbons (Fsp3) is 0.333. The Morgan fingerprint density at radius 3 is 2.67 bits per heavy atom. The van der Waals surface area contributed by atoms with Crippen molar-refractivity contribution in [3.63, 3.8) is 0 Å². The summed E-state index contributed by atoms with van der Waals surface area (Å²) < 4.78 is 0. The minimum absolute atomic E-state index is 0.758. The quantitative estimate of drug-likeness (QED) is 0.542. The van der Waals surface area contributed by atoms with Crippen molar-refractivity contribution in [3.8, 4) is 0 Å². The second-order valence-electron chi connectivity index (χ2n) is 2.75. The summed E-state index contributed by atoms with van der Waals surface area (Å²) in [6.07, 6.45) is 3.55. The van der Waals surface area contributed by atoms with Crippen molar-refractivity contribution < 1.29 is 0 Å². The van der Waals surface area contributed by atoms with Crippen LogP contribution in [-0.2, 0) is 6.54 Å². The normalized spacial score (nSPS) is 9.17. The number of pyridine rings is 1. The highest BCUT2D eigenvalue weighted by molar-refractivity contribution is 5.78. The molecule has 0 amide bonds. The molecule has 0 saturated heterocycles. The molecule has 3 nitrogen and oxygen atoms in total. The smallest absolute Gasteiger partial charge is 0.0581 e. The highest BCUT2D eigenvalue weighted by Crippen LogP contribution is 1.94. The Hall–Kier alpha value is -1.38. The molecule has 0 aliphatic carbocycles. The molecule has 3 heteroatoms. The Morgan fingerprint density at radius 2 is 2.08 bits per heavy atom. The van der Waals surface area contributed by atoms with Gasteiger partial charge in [0.2, 0.25) is 0 Å². The Labute approximate surface area is 72.5 Å². The van der Waals surface area contributed by atoms with E-state index in [0.717, 1.165) is 12.3 Å². The molecule has 1 aromatic heterocycles. The minimum Gasteiger partial charge on any atom is -0.306 e. The molecule has 1 heterocycles. The van der Waals surface area contributed by atoms with Crippen molar-refractivity contribution in [2.45, 2.75) is 20.4 Å². The number of hydrogen-bond donors (Lipinski definition) is 1. The minimum atomic E-state index is 0.758. The summed E-state index contributed by atoms with van der Waals surface area (Å²) in [5.74, 6) is 0. The van der Waals surface area contributed by atoms with Crippen LogP contribution in [0.1, 0.15) is 19.4 Å². The van der Waals surface area contributed by atoms with E-state index in [1.54, 1.807) is 12.4 Å². The highest BCUT2D eigenvalue weighted by Gasteiger charge is 1.87. The fourth-order valence-electron chi connectivity index (χ4n) is 0.790. The van der Waals surface area contributed by atoms with Gasteiger partial charge in [-0.3, -0.25) is 4.98 Å². The number of hydrazone groups is 1. The third kappa shape index (κ3) is 3.14. The van der Waals surface area contributed by atoms with E-state index in [4.69, 9.17) is 0 Å². The van der Waals surface area contributed by atoms with Crippen molar-refractivity contribution in [2.75, 3.05) is 0 Å². The second-order valence-corrected chi connectivity index (χ2v) is 2.75. The maximum atomic E-state index is 4.07. The third-order valence-corrected chi connectivity index (χ3v) is 1.34. The molecule has 0 atom stereocenters. The van der Waals surface area contributed by atoms with Crippen LogP contribution in [0.15, 0.2) is 29.6 Å². The van der Waals surface area contributed by atoms with Gasteiger partial charge in [0, 0.05) is 18.1 Å². The van der Waals surface area contributed by atoms with Gasteiger partial charge in [-0.1, -0.05) is 0 Å². The van der Waals surface area contributed by atoms with Gasteiger partial charge in [-0.2, -0.15) is 5.10 Å². The Kier molecular flexibility index (Phi) is 3.26. The molecule has 0 aromatic carbocycles. The first kappa shape index (κ1) is 8.71. The maximum absolute atomic E-state index is 4.07. The Bertz CT molecular complexity index is 250. The number of nitrogens with one attached hydrogen (secondary N) is 1. The Morgan fingerprint density at radius 1 is 1.42 bits per heavy atom. The number of aromatic nitrogens is 1. The summed E-state index contributed by atoms with van der Waals surface area (Å²) >= 11 is 0. The van der Waals surface area contributed by atoms with Crippen LogP contribution in [0.25, 0.3) is 0 Å². The topological polar surface area (TPSA) is 37.3 Å². The molecule has 0 fully saturated rings. The number of hydrogen-bond acceptors (Lipinski definition) is 3. The molecular formula is C9H13N3. The largest absolute Gasteiger partial charge is 0.306 e. The van der Waals surface area contributed by atoms with Gasteiger partial charge in [0.1, 0.15) is 0 Å². The molecule has 64 valence electrons. The van der Waals surface area contributed by atoms with Gasteiger partial charge < -0.3 is 5.43 Å². The van der Waals surface area contributed by atoms with E-state index in [-0.39, 0.29) is 0 Å². The SMILES string of the molecule is CC(C)=NNCc1ccncc1. The van der Waals surface area contributed by atoms with Crippen molar-refractivity contribution in [3.05, 3.63) is 30.1 Å². The summed E-state index contributed by atoms with van der Waals surface area (Å²) in [5, 5.41) is 4.07. The number of nitrogens with zero attached hydrogens (tertiary/aromatic N) is 2. The Balaban J connectivity index is 2.39. The molecule has 0 radical (unpaired) electrons. The predicted molar refractivity (Wildman–Crippen MR) is 49.9 cm³/mol. The van der Waals surface area contributed by atoms with E-state index in [9.17, 15) is 0 Å². The lowest BCUT2D eigenvalue weighted by Gasteiger charge is -1.99. The van der Waals surface area contributed by atoms with E-state index in [1.807, 2.05) is 26.0 Å². The van der Waals surface area contributed by atoms with Crippen molar-refractivity contribution >= 4 is 5.71 Å². The zero-order valence-electron chi connectivity index (χ0n) is 7.41. The van der Waals surface area contributed by atoms with E-state index in [0.29, 0.717) is 0 Å². The predicted octanol–water partition coefficient (Wildman–Crippen LogP) is 1.57. The van der Waals surface area contributed by atoms with Gasteiger partial charge in [-0.15, -0.1) is 0 Å². The van der Waals surface area contributed by atoms with Crippen molar-refractivity contribution in [2.24, 2.45) is 5.10 Å². The van der Waals surface area contributed by atoms with Crippen LogP contribution in [0.3, 0.4) is 0 Å². The molecule has 0 spiro atoms. The van der Waals surface area contributed by atoms with Crippen LogP contribution < -0.4 is 5.43 Å². The van der Waals surface area contributed by atoms with Crippen molar-refractivity contribution in [1.82, 2.24) is 10.4 Å². The molecule has 0 aliphatic heterocycles. The molecule has 1 N–H and O–H groups in total. The lowest BCUT2D eigenvalue weighted by Crippen LogP contribution is -2.06. The standard InChI is InChI=1S/C9H13N3/c1-8(2)12-11-7-9-3-5-10-6-4-9/h3-6,11H,7H2,1-2H3. The average molecular weight is 163 g/mol. The lowest BCUT2D eigenvalue weighted by atomic mass is 10.3. The second kappa shape index (κ2) is 4.49. The summed E-state index contributed by atoms with van der Waals surface area (Å²) in [4.78, 5) is 3.92. The molecule has 12 heavy (non-hydrogen) atoms. The van der Waals surface area contributed by atoms with Gasteiger partial charge in [0.25, 0.3) is 0 Å². The molecule has 0 unspecified atom stereocenters. The third-order valence-electron chi connectivity index (χ3n) is 1.34. The zero-order chi connectivity index (χ0) is 8.81. The van der Waals surface area contributed by atoms with Crippen LogP contribution in [-0.4, -0.2) is 10.7 Å². The van der Waals surface area contributed by atoms with Crippen LogP contribution >= 0.6 is 0 Å². The van der Waals surface area contributed by atoms with Gasteiger partial charge in [0.15, 0.2) is 0 Å². The lowest BCUT2D eigenvalue weighted by molar-refractivity contribution is 0.741. The summed E-state index contributed by atoms with van der Waals surface area (Å²) in [5.41, 5.74) is 5.18. The van der Waals surface area contributed by atoms with E-state index in [2.05, 4.69) is 15.5 Å². The molecule has 0 saturated carbocycles. The maximum Gasteiger partial charge on any atom is 0.0581 e. The van der Waals surface area contributed by atoms with Gasteiger partial charge in [0.05, 0.1) is 6.54 Å². The highest BCUT2D eigenvalue weighted by atomic mass is 15.3. The molecule has 1 rings (SSSR count).